The van der Waals surface area contributed by atoms with Crippen LogP contribution in [0.25, 0.3) is 0 Å². The van der Waals surface area contributed by atoms with Gasteiger partial charge in [-0.2, -0.15) is 0 Å². The van der Waals surface area contributed by atoms with Crippen molar-refractivity contribution < 1.29 is 0 Å². The summed E-state index contributed by atoms with van der Waals surface area (Å²) in [6.45, 7) is 9.84. The topological polar surface area (TPSA) is 0 Å². The van der Waals surface area contributed by atoms with Gasteiger partial charge in [0.25, 0.3) is 0 Å². The highest BCUT2D eigenvalue weighted by atomic mass is 14.3. The Labute approximate surface area is 90.5 Å². The van der Waals surface area contributed by atoms with E-state index in [1.807, 2.05) is 0 Å². The maximum atomic E-state index is 2.47. The molecule has 0 radical (unpaired) electrons. The van der Waals surface area contributed by atoms with Gasteiger partial charge in [-0.1, -0.05) is 66.2 Å². The van der Waals surface area contributed by atoms with E-state index < -0.39 is 0 Å². The van der Waals surface area contributed by atoms with Crippen molar-refractivity contribution >= 4 is 0 Å². The fourth-order valence-electron chi connectivity index (χ4n) is 2.85. The molecule has 1 aliphatic carbocycles. The van der Waals surface area contributed by atoms with Gasteiger partial charge in [0.15, 0.2) is 0 Å². The smallest absolute Gasteiger partial charge is 0.0389 e. The van der Waals surface area contributed by atoms with E-state index in [1.54, 1.807) is 0 Å². The fraction of sp³-hybridized carbons (Fsp3) is 1.00. The SMILES string of the molecule is CC1CCCCCCC(C)C(C)C1C. The highest BCUT2D eigenvalue weighted by Crippen LogP contribution is 2.33. The molecule has 0 nitrogen and oxygen atoms in total. The molecular formula is C14H28. The Morgan fingerprint density at radius 1 is 0.571 bits per heavy atom. The van der Waals surface area contributed by atoms with Crippen molar-refractivity contribution in [2.24, 2.45) is 23.7 Å². The first-order valence-corrected chi connectivity index (χ1v) is 6.63. The predicted molar refractivity (Wildman–Crippen MR) is 64.4 cm³/mol. The van der Waals surface area contributed by atoms with Crippen LogP contribution >= 0.6 is 0 Å². The molecule has 1 fully saturated rings. The van der Waals surface area contributed by atoms with Crippen molar-refractivity contribution in [2.45, 2.75) is 66.2 Å². The Kier molecular flexibility index (Phi) is 4.98. The van der Waals surface area contributed by atoms with Crippen LogP contribution in [-0.2, 0) is 0 Å². The van der Waals surface area contributed by atoms with Gasteiger partial charge in [-0.3, -0.25) is 0 Å². The maximum Gasteiger partial charge on any atom is -0.0389 e. The lowest BCUT2D eigenvalue weighted by molar-refractivity contribution is 0.185. The molecule has 1 saturated carbocycles. The summed E-state index contributed by atoms with van der Waals surface area (Å²) >= 11 is 0. The number of hydrogen-bond donors (Lipinski definition) is 0. The van der Waals surface area contributed by atoms with Crippen LogP contribution in [0.4, 0.5) is 0 Å². The normalized spacial score (nSPS) is 42.0. The summed E-state index contributed by atoms with van der Waals surface area (Å²) in [4.78, 5) is 0. The third-order valence-corrected chi connectivity index (χ3v) is 4.69. The molecule has 4 atom stereocenters. The van der Waals surface area contributed by atoms with E-state index in [1.165, 1.54) is 38.5 Å². The fourth-order valence-corrected chi connectivity index (χ4v) is 2.85. The molecule has 0 N–H and O–H groups in total. The van der Waals surface area contributed by atoms with Crippen molar-refractivity contribution in [1.82, 2.24) is 0 Å². The Hall–Kier alpha value is 0. The second-order valence-corrected chi connectivity index (χ2v) is 5.66. The molecule has 0 heterocycles. The van der Waals surface area contributed by atoms with Gasteiger partial charge in [-0.15, -0.1) is 0 Å². The van der Waals surface area contributed by atoms with Gasteiger partial charge < -0.3 is 0 Å². The Morgan fingerprint density at radius 2 is 0.929 bits per heavy atom. The van der Waals surface area contributed by atoms with E-state index >= 15 is 0 Å². The molecule has 0 spiro atoms. The summed E-state index contributed by atoms with van der Waals surface area (Å²) in [6, 6.07) is 0. The first-order chi connectivity index (χ1) is 6.63. The van der Waals surface area contributed by atoms with Crippen LogP contribution in [0, 0.1) is 23.7 Å². The summed E-state index contributed by atoms with van der Waals surface area (Å²) in [7, 11) is 0. The molecule has 0 aromatic heterocycles. The zero-order valence-electron chi connectivity index (χ0n) is 10.6. The monoisotopic (exact) mass is 196 g/mol. The van der Waals surface area contributed by atoms with E-state index in [0.29, 0.717) is 0 Å². The van der Waals surface area contributed by atoms with Crippen LogP contribution in [-0.4, -0.2) is 0 Å². The molecule has 14 heavy (non-hydrogen) atoms. The standard InChI is InChI=1S/C14H28/c1-11-9-7-5-6-8-10-12(2)14(4)13(11)3/h11-14H,5-10H2,1-4H3. The minimum absolute atomic E-state index is 0.920. The van der Waals surface area contributed by atoms with Gasteiger partial charge in [-0.25, -0.2) is 0 Å². The minimum Gasteiger partial charge on any atom is -0.0622 e. The van der Waals surface area contributed by atoms with Crippen LogP contribution in [0.15, 0.2) is 0 Å². The molecule has 0 heteroatoms. The van der Waals surface area contributed by atoms with E-state index in [0.717, 1.165) is 23.7 Å². The highest BCUT2D eigenvalue weighted by molar-refractivity contribution is 4.74. The Balaban J connectivity index is 2.53. The molecule has 0 aliphatic heterocycles. The van der Waals surface area contributed by atoms with Gasteiger partial charge in [0.05, 0.1) is 0 Å². The lowest BCUT2D eigenvalue weighted by Gasteiger charge is -2.31. The Morgan fingerprint density at radius 3 is 1.29 bits per heavy atom. The quantitative estimate of drug-likeness (QED) is 0.518. The summed E-state index contributed by atoms with van der Waals surface area (Å²) < 4.78 is 0. The van der Waals surface area contributed by atoms with E-state index in [9.17, 15) is 0 Å². The van der Waals surface area contributed by atoms with Gasteiger partial charge >= 0.3 is 0 Å². The Bertz CT molecular complexity index is 132. The van der Waals surface area contributed by atoms with Gasteiger partial charge in [0.1, 0.15) is 0 Å². The first kappa shape index (κ1) is 12.1. The summed E-state index contributed by atoms with van der Waals surface area (Å²) in [6.07, 6.45) is 8.78. The van der Waals surface area contributed by atoms with Gasteiger partial charge in [0.2, 0.25) is 0 Å². The average Bonchev–Trinajstić information content (AvgIpc) is 2.19. The maximum absolute atomic E-state index is 2.47. The van der Waals surface area contributed by atoms with Crippen molar-refractivity contribution in [2.75, 3.05) is 0 Å². The minimum atomic E-state index is 0.920. The van der Waals surface area contributed by atoms with E-state index in [-0.39, 0.29) is 0 Å². The van der Waals surface area contributed by atoms with Crippen molar-refractivity contribution in [1.29, 1.82) is 0 Å². The summed E-state index contributed by atoms with van der Waals surface area (Å²) in [5, 5.41) is 0. The zero-order chi connectivity index (χ0) is 10.6. The van der Waals surface area contributed by atoms with Crippen molar-refractivity contribution in [3.63, 3.8) is 0 Å². The van der Waals surface area contributed by atoms with Crippen molar-refractivity contribution in [3.05, 3.63) is 0 Å². The second-order valence-electron chi connectivity index (χ2n) is 5.66. The molecule has 0 aromatic carbocycles. The molecule has 0 saturated heterocycles. The molecular weight excluding hydrogens is 168 g/mol. The van der Waals surface area contributed by atoms with E-state index in [4.69, 9.17) is 0 Å². The predicted octanol–water partition coefficient (Wildman–Crippen LogP) is 4.89. The van der Waals surface area contributed by atoms with Crippen LogP contribution in [0.3, 0.4) is 0 Å². The number of rotatable bonds is 0. The molecule has 0 aromatic rings. The molecule has 1 rings (SSSR count). The summed E-state index contributed by atoms with van der Waals surface area (Å²) in [5.74, 6) is 3.71. The van der Waals surface area contributed by atoms with Crippen LogP contribution < -0.4 is 0 Å². The van der Waals surface area contributed by atoms with Crippen LogP contribution in [0.5, 0.6) is 0 Å². The zero-order valence-corrected chi connectivity index (χ0v) is 10.6. The third-order valence-electron chi connectivity index (χ3n) is 4.69. The molecule has 0 bridgehead atoms. The largest absolute Gasteiger partial charge is 0.0622 e. The van der Waals surface area contributed by atoms with Gasteiger partial charge in [-0.05, 0) is 23.7 Å². The van der Waals surface area contributed by atoms with Crippen LogP contribution in [0.2, 0.25) is 0 Å². The van der Waals surface area contributed by atoms with Crippen molar-refractivity contribution in [3.8, 4) is 0 Å². The highest BCUT2D eigenvalue weighted by Gasteiger charge is 2.23. The molecule has 1 aliphatic rings. The lowest BCUT2D eigenvalue weighted by atomic mass is 9.74. The number of hydrogen-bond acceptors (Lipinski definition) is 0. The second kappa shape index (κ2) is 5.78. The van der Waals surface area contributed by atoms with Crippen LogP contribution in [0.1, 0.15) is 66.2 Å². The molecule has 4 unspecified atom stereocenters. The van der Waals surface area contributed by atoms with E-state index in [2.05, 4.69) is 27.7 Å². The molecule has 84 valence electrons. The average molecular weight is 196 g/mol. The third kappa shape index (κ3) is 3.29. The first-order valence-electron chi connectivity index (χ1n) is 6.63. The van der Waals surface area contributed by atoms with Gasteiger partial charge in [0, 0.05) is 0 Å². The lowest BCUT2D eigenvalue weighted by Crippen LogP contribution is -2.23. The summed E-state index contributed by atoms with van der Waals surface area (Å²) in [5.41, 5.74) is 0. The molecule has 0 amide bonds.